The molecule has 202 valence electrons. The molecule has 0 bridgehead atoms. The van der Waals surface area contributed by atoms with Crippen molar-refractivity contribution in [1.82, 2.24) is 4.90 Å². The third-order valence-corrected chi connectivity index (χ3v) is 7.78. The zero-order chi connectivity index (χ0) is 27.6. The van der Waals surface area contributed by atoms with Gasteiger partial charge in [-0.25, -0.2) is 0 Å². The minimum absolute atomic E-state index is 0.0310. The van der Waals surface area contributed by atoms with Gasteiger partial charge in [0, 0.05) is 11.1 Å². The highest BCUT2D eigenvalue weighted by molar-refractivity contribution is 8.18. The first kappa shape index (κ1) is 26.1. The summed E-state index contributed by atoms with van der Waals surface area (Å²) in [5, 5.41) is 2.35. The minimum atomic E-state index is -0.390. The van der Waals surface area contributed by atoms with Crippen molar-refractivity contribution in [1.29, 1.82) is 0 Å². The van der Waals surface area contributed by atoms with Gasteiger partial charge < -0.3 is 18.9 Å². The van der Waals surface area contributed by atoms with Gasteiger partial charge in [-0.15, -0.1) is 0 Å². The summed E-state index contributed by atoms with van der Waals surface area (Å²) in [5.74, 6) is 1.84. The average molecular weight is 574 g/mol. The van der Waals surface area contributed by atoms with Crippen LogP contribution in [0.3, 0.4) is 0 Å². The molecule has 1 saturated heterocycles. The van der Waals surface area contributed by atoms with Crippen molar-refractivity contribution in [3.05, 3.63) is 99.4 Å². The Hall–Kier alpha value is -4.14. The van der Waals surface area contributed by atoms with Gasteiger partial charge in [-0.3, -0.25) is 14.5 Å². The van der Waals surface area contributed by atoms with Crippen molar-refractivity contribution in [2.75, 3.05) is 13.4 Å². The van der Waals surface area contributed by atoms with E-state index in [4.69, 9.17) is 30.5 Å². The summed E-state index contributed by atoms with van der Waals surface area (Å²) in [5.41, 5.74) is 2.36. The first-order chi connectivity index (χ1) is 19.5. The van der Waals surface area contributed by atoms with Gasteiger partial charge in [0.25, 0.3) is 11.1 Å². The number of imide groups is 1. The third-order valence-electron chi connectivity index (χ3n) is 6.52. The fraction of sp³-hybridized carbons (Fsp3) is 0.161. The van der Waals surface area contributed by atoms with Gasteiger partial charge in [0.1, 0.15) is 6.61 Å². The van der Waals surface area contributed by atoms with Crippen molar-refractivity contribution in [3.63, 3.8) is 0 Å². The second-order valence-electron chi connectivity index (χ2n) is 9.17. The van der Waals surface area contributed by atoms with Crippen LogP contribution in [0.2, 0.25) is 5.02 Å². The molecule has 0 aromatic heterocycles. The van der Waals surface area contributed by atoms with Gasteiger partial charge in [0.05, 0.1) is 18.1 Å². The van der Waals surface area contributed by atoms with Crippen molar-refractivity contribution in [2.24, 2.45) is 0 Å². The Kier molecular flexibility index (Phi) is 7.28. The fourth-order valence-electron chi connectivity index (χ4n) is 4.53. The molecule has 9 heteroatoms. The largest absolute Gasteiger partial charge is 0.490 e. The molecule has 2 amide bonds. The highest BCUT2D eigenvalue weighted by Crippen LogP contribution is 2.40. The number of carbonyl (C=O) groups is 2. The van der Waals surface area contributed by atoms with Gasteiger partial charge in [-0.1, -0.05) is 54.1 Å². The van der Waals surface area contributed by atoms with Crippen LogP contribution in [-0.2, 0) is 17.9 Å². The molecule has 0 N–H and O–H groups in total. The Balaban J connectivity index is 1.18. The topological polar surface area (TPSA) is 74.3 Å². The van der Waals surface area contributed by atoms with Gasteiger partial charge in [0.2, 0.25) is 6.79 Å². The van der Waals surface area contributed by atoms with E-state index in [2.05, 4.69) is 24.3 Å². The van der Waals surface area contributed by atoms with Crippen molar-refractivity contribution in [3.8, 4) is 23.0 Å². The molecule has 2 heterocycles. The average Bonchev–Trinajstić information content (AvgIpc) is 3.51. The number of halogens is 1. The Morgan fingerprint density at radius 1 is 0.925 bits per heavy atom. The van der Waals surface area contributed by atoms with E-state index in [1.54, 1.807) is 18.2 Å². The lowest BCUT2D eigenvalue weighted by Gasteiger charge is -2.14. The maximum Gasteiger partial charge on any atom is 0.293 e. The quantitative estimate of drug-likeness (QED) is 0.203. The van der Waals surface area contributed by atoms with Crippen molar-refractivity contribution >= 4 is 51.4 Å². The first-order valence-corrected chi connectivity index (χ1v) is 13.9. The molecule has 0 atom stereocenters. The number of thioether (sulfide) groups is 1. The van der Waals surface area contributed by atoms with Crippen molar-refractivity contribution < 1.29 is 28.5 Å². The molecule has 2 aliphatic heterocycles. The number of ether oxygens (including phenoxy) is 4. The zero-order valence-electron chi connectivity index (χ0n) is 21.5. The Morgan fingerprint density at radius 2 is 1.73 bits per heavy atom. The number of hydrogen-bond donors (Lipinski definition) is 0. The molecule has 4 aromatic rings. The maximum absolute atomic E-state index is 13.2. The number of amides is 2. The Labute approximate surface area is 240 Å². The molecule has 2 aliphatic rings. The van der Waals surface area contributed by atoms with E-state index in [0.29, 0.717) is 57.3 Å². The van der Waals surface area contributed by atoms with Crippen LogP contribution in [0.1, 0.15) is 23.6 Å². The Morgan fingerprint density at radius 3 is 2.55 bits per heavy atom. The number of nitrogens with zero attached hydrogens (tertiary/aromatic N) is 1. The summed E-state index contributed by atoms with van der Waals surface area (Å²) in [6.07, 6.45) is 1.68. The SMILES string of the molecule is CCOc1cc(/C=C2/SC(=O)N(Cc3cc4c(cc3Cl)OCO4)C2=O)ccc1OCc1ccc2ccccc2c1. The van der Waals surface area contributed by atoms with Crippen LogP contribution in [0.25, 0.3) is 16.8 Å². The predicted molar refractivity (Wildman–Crippen MR) is 155 cm³/mol. The van der Waals surface area contributed by atoms with E-state index in [-0.39, 0.29) is 18.6 Å². The van der Waals surface area contributed by atoms with Gasteiger partial charge in [-0.2, -0.15) is 0 Å². The van der Waals surface area contributed by atoms with E-state index < -0.39 is 5.91 Å². The summed E-state index contributed by atoms with van der Waals surface area (Å²) in [7, 11) is 0. The molecule has 4 aromatic carbocycles. The summed E-state index contributed by atoms with van der Waals surface area (Å²) in [6.45, 7) is 2.86. The molecule has 6 rings (SSSR count). The number of rotatable bonds is 8. The van der Waals surface area contributed by atoms with Crippen LogP contribution in [0.5, 0.6) is 23.0 Å². The first-order valence-electron chi connectivity index (χ1n) is 12.7. The number of carbonyl (C=O) groups excluding carboxylic acids is 2. The lowest BCUT2D eigenvalue weighted by molar-refractivity contribution is -0.123. The van der Waals surface area contributed by atoms with Gasteiger partial charge in [0.15, 0.2) is 23.0 Å². The number of hydrogen-bond acceptors (Lipinski definition) is 7. The molecule has 0 radical (unpaired) electrons. The van der Waals surface area contributed by atoms with Crippen LogP contribution in [-0.4, -0.2) is 29.4 Å². The molecule has 0 aliphatic carbocycles. The van der Waals surface area contributed by atoms with E-state index in [1.165, 1.54) is 10.3 Å². The monoisotopic (exact) mass is 573 g/mol. The molecule has 1 fully saturated rings. The molecule has 7 nitrogen and oxygen atoms in total. The lowest BCUT2D eigenvalue weighted by atomic mass is 10.1. The van der Waals surface area contributed by atoms with E-state index >= 15 is 0 Å². The molecule has 40 heavy (non-hydrogen) atoms. The van der Waals surface area contributed by atoms with E-state index in [0.717, 1.165) is 22.7 Å². The number of benzene rings is 4. The smallest absolute Gasteiger partial charge is 0.293 e. The minimum Gasteiger partial charge on any atom is -0.490 e. The van der Waals surface area contributed by atoms with Gasteiger partial charge >= 0.3 is 0 Å². The van der Waals surface area contributed by atoms with Crippen molar-refractivity contribution in [2.45, 2.75) is 20.1 Å². The van der Waals surface area contributed by atoms with Gasteiger partial charge in [-0.05, 0) is 76.5 Å². The highest BCUT2D eigenvalue weighted by atomic mass is 35.5. The van der Waals surface area contributed by atoms with Crippen LogP contribution in [0.15, 0.2) is 77.7 Å². The van der Waals surface area contributed by atoms with E-state index in [1.807, 2.05) is 43.3 Å². The molecule has 0 saturated carbocycles. The zero-order valence-corrected chi connectivity index (χ0v) is 23.1. The predicted octanol–water partition coefficient (Wildman–Crippen LogP) is 7.44. The van der Waals surface area contributed by atoms with Crippen LogP contribution < -0.4 is 18.9 Å². The fourth-order valence-corrected chi connectivity index (χ4v) is 5.58. The highest BCUT2D eigenvalue weighted by Gasteiger charge is 2.35. The molecular formula is C31H24ClNO6S. The second kappa shape index (κ2) is 11.2. The summed E-state index contributed by atoms with van der Waals surface area (Å²) in [4.78, 5) is 27.4. The normalized spacial score (nSPS) is 15.3. The number of fused-ring (bicyclic) bond motifs is 2. The van der Waals surface area contributed by atoms with Crippen LogP contribution in [0.4, 0.5) is 4.79 Å². The summed E-state index contributed by atoms with van der Waals surface area (Å²) < 4.78 is 22.7. The third kappa shape index (κ3) is 5.33. The second-order valence-corrected chi connectivity index (χ2v) is 10.6. The molecule has 0 spiro atoms. The van der Waals surface area contributed by atoms with Crippen LogP contribution in [0, 0.1) is 0 Å². The maximum atomic E-state index is 13.2. The molecular weight excluding hydrogens is 550 g/mol. The lowest BCUT2D eigenvalue weighted by Crippen LogP contribution is -2.27. The summed E-state index contributed by atoms with van der Waals surface area (Å²) in [6, 6.07) is 23.2. The summed E-state index contributed by atoms with van der Waals surface area (Å²) >= 11 is 7.25. The standard InChI is InChI=1S/C31H24ClNO6S/c1-2-36-26-12-19(8-10-25(26)37-17-20-7-9-21-5-3-4-6-22(21)11-20)13-29-30(34)33(31(35)40-29)16-23-14-27-28(15-24(23)32)39-18-38-27/h3-15H,2,16-18H2,1H3/b29-13+. The van der Waals surface area contributed by atoms with E-state index in [9.17, 15) is 9.59 Å². The molecule has 0 unspecified atom stereocenters. The Bertz CT molecular complexity index is 1670. The van der Waals surface area contributed by atoms with Crippen LogP contribution >= 0.6 is 23.4 Å².